The average molecular weight is 379 g/mol. The number of ether oxygens (including phenoxy) is 2. The molecular weight excluding hydrogens is 352 g/mol. The molecule has 26 heavy (non-hydrogen) atoms. The Morgan fingerprint density at radius 2 is 1.69 bits per heavy atom. The first-order valence-electron chi connectivity index (χ1n) is 8.52. The Labute approximate surface area is 161 Å². The first-order chi connectivity index (χ1) is 12.2. The van der Waals surface area contributed by atoms with Crippen LogP contribution in [-0.4, -0.2) is 37.6 Å². The minimum atomic E-state index is 0. The molecule has 2 N–H and O–H groups in total. The van der Waals surface area contributed by atoms with Gasteiger partial charge in [-0.25, -0.2) is 0 Å². The molecule has 0 saturated heterocycles. The molecule has 2 rings (SSSR count). The molecule has 2 aromatic rings. The molecule has 6 heteroatoms. The summed E-state index contributed by atoms with van der Waals surface area (Å²) in [4.78, 5) is 14.4. The monoisotopic (exact) mass is 378 g/mol. The van der Waals surface area contributed by atoms with Crippen molar-refractivity contribution < 1.29 is 14.3 Å². The SMILES string of the molecule is COc1ccccc1OCCC(=O)N(CCCN)Cc1ccccc1.Cl. The lowest BCUT2D eigenvalue weighted by atomic mass is 10.2. The summed E-state index contributed by atoms with van der Waals surface area (Å²) in [5.41, 5.74) is 6.71. The average Bonchev–Trinajstić information content (AvgIpc) is 2.66. The molecule has 142 valence electrons. The van der Waals surface area contributed by atoms with Crippen molar-refractivity contribution in [3.05, 3.63) is 60.2 Å². The number of nitrogens with zero attached hydrogens (tertiary/aromatic N) is 1. The summed E-state index contributed by atoms with van der Waals surface area (Å²) in [6.45, 7) is 2.12. The Morgan fingerprint density at radius 3 is 2.35 bits per heavy atom. The van der Waals surface area contributed by atoms with Gasteiger partial charge in [0.25, 0.3) is 0 Å². The van der Waals surface area contributed by atoms with Gasteiger partial charge in [0.05, 0.1) is 20.1 Å². The van der Waals surface area contributed by atoms with Crippen molar-refractivity contribution in [2.24, 2.45) is 5.73 Å². The summed E-state index contributed by atoms with van der Waals surface area (Å²) in [5.74, 6) is 1.38. The summed E-state index contributed by atoms with van der Waals surface area (Å²) in [6.07, 6.45) is 1.10. The van der Waals surface area contributed by atoms with Crippen LogP contribution in [0.3, 0.4) is 0 Å². The van der Waals surface area contributed by atoms with Gasteiger partial charge in [0.15, 0.2) is 11.5 Å². The Balaban J connectivity index is 0.00000338. The van der Waals surface area contributed by atoms with Gasteiger partial charge in [-0.2, -0.15) is 0 Å². The normalized spacial score (nSPS) is 9.92. The van der Waals surface area contributed by atoms with Gasteiger partial charge in [0, 0.05) is 13.1 Å². The molecule has 1 amide bonds. The van der Waals surface area contributed by atoms with E-state index in [1.165, 1.54) is 0 Å². The highest BCUT2D eigenvalue weighted by molar-refractivity contribution is 5.85. The number of carbonyl (C=O) groups is 1. The van der Waals surface area contributed by atoms with E-state index in [1.807, 2.05) is 59.5 Å². The topological polar surface area (TPSA) is 64.8 Å². The molecule has 0 spiro atoms. The molecule has 2 aromatic carbocycles. The molecule has 0 aliphatic heterocycles. The van der Waals surface area contributed by atoms with Gasteiger partial charge in [0.2, 0.25) is 5.91 Å². The number of benzene rings is 2. The third-order valence-corrected chi connectivity index (χ3v) is 3.84. The molecule has 0 saturated carbocycles. The van der Waals surface area contributed by atoms with Gasteiger partial charge < -0.3 is 20.1 Å². The van der Waals surface area contributed by atoms with Crippen LogP contribution in [0.25, 0.3) is 0 Å². The molecule has 0 aliphatic rings. The van der Waals surface area contributed by atoms with Crippen LogP contribution in [0.15, 0.2) is 54.6 Å². The van der Waals surface area contributed by atoms with Crippen molar-refractivity contribution in [3.8, 4) is 11.5 Å². The highest BCUT2D eigenvalue weighted by Gasteiger charge is 2.14. The van der Waals surface area contributed by atoms with Gasteiger partial charge in [-0.05, 0) is 30.7 Å². The number of carbonyl (C=O) groups excluding carboxylic acids is 1. The molecule has 0 unspecified atom stereocenters. The summed E-state index contributed by atoms with van der Waals surface area (Å²) >= 11 is 0. The summed E-state index contributed by atoms with van der Waals surface area (Å²) in [6, 6.07) is 17.4. The van der Waals surface area contributed by atoms with Crippen molar-refractivity contribution in [1.82, 2.24) is 4.90 Å². The molecule has 5 nitrogen and oxygen atoms in total. The van der Waals surface area contributed by atoms with Crippen molar-refractivity contribution in [2.75, 3.05) is 26.8 Å². The van der Waals surface area contributed by atoms with Crippen LogP contribution in [0.1, 0.15) is 18.4 Å². The van der Waals surface area contributed by atoms with E-state index in [4.69, 9.17) is 15.2 Å². The number of hydrogen-bond donors (Lipinski definition) is 1. The predicted octanol–water partition coefficient (Wildman–Crippen LogP) is 3.26. The van der Waals surface area contributed by atoms with Crippen molar-refractivity contribution >= 4 is 18.3 Å². The van der Waals surface area contributed by atoms with Crippen molar-refractivity contribution in [1.29, 1.82) is 0 Å². The fraction of sp³-hybridized carbons (Fsp3) is 0.350. The van der Waals surface area contributed by atoms with E-state index in [2.05, 4.69) is 0 Å². The number of rotatable bonds is 10. The minimum absolute atomic E-state index is 0. The quantitative estimate of drug-likeness (QED) is 0.689. The lowest BCUT2D eigenvalue weighted by molar-refractivity contribution is -0.132. The van der Waals surface area contributed by atoms with Crippen molar-refractivity contribution in [2.45, 2.75) is 19.4 Å². The zero-order chi connectivity index (χ0) is 17.9. The molecule has 0 radical (unpaired) electrons. The predicted molar refractivity (Wildman–Crippen MR) is 106 cm³/mol. The van der Waals surface area contributed by atoms with Crippen LogP contribution in [0.4, 0.5) is 0 Å². The maximum atomic E-state index is 12.6. The van der Waals surface area contributed by atoms with Crippen LogP contribution < -0.4 is 15.2 Å². The number of methoxy groups -OCH3 is 1. The van der Waals surface area contributed by atoms with E-state index in [9.17, 15) is 4.79 Å². The molecule has 0 heterocycles. The first-order valence-corrected chi connectivity index (χ1v) is 8.52. The maximum Gasteiger partial charge on any atom is 0.226 e. The van der Waals surface area contributed by atoms with E-state index in [-0.39, 0.29) is 18.3 Å². The van der Waals surface area contributed by atoms with Gasteiger partial charge in [-0.1, -0.05) is 42.5 Å². The van der Waals surface area contributed by atoms with Crippen LogP contribution in [-0.2, 0) is 11.3 Å². The van der Waals surface area contributed by atoms with E-state index < -0.39 is 0 Å². The Kier molecular flexibility index (Phi) is 10.2. The number of amides is 1. The van der Waals surface area contributed by atoms with Gasteiger partial charge in [-0.15, -0.1) is 12.4 Å². The lowest BCUT2D eigenvalue weighted by Gasteiger charge is -2.23. The lowest BCUT2D eigenvalue weighted by Crippen LogP contribution is -2.33. The van der Waals surface area contributed by atoms with E-state index in [0.717, 1.165) is 12.0 Å². The second kappa shape index (κ2) is 12.2. The minimum Gasteiger partial charge on any atom is -0.493 e. The highest BCUT2D eigenvalue weighted by Crippen LogP contribution is 2.25. The zero-order valence-electron chi connectivity index (χ0n) is 15.1. The second-order valence-corrected chi connectivity index (χ2v) is 5.69. The van der Waals surface area contributed by atoms with Gasteiger partial charge in [0.1, 0.15) is 0 Å². The summed E-state index contributed by atoms with van der Waals surface area (Å²) in [5, 5.41) is 0. The second-order valence-electron chi connectivity index (χ2n) is 5.69. The third-order valence-electron chi connectivity index (χ3n) is 3.84. The van der Waals surface area contributed by atoms with E-state index in [0.29, 0.717) is 44.2 Å². The number of nitrogens with two attached hydrogens (primary N) is 1. The van der Waals surface area contributed by atoms with Crippen LogP contribution in [0.2, 0.25) is 0 Å². The van der Waals surface area contributed by atoms with Gasteiger partial charge >= 0.3 is 0 Å². The molecule has 0 aromatic heterocycles. The van der Waals surface area contributed by atoms with Crippen LogP contribution in [0, 0.1) is 0 Å². The van der Waals surface area contributed by atoms with Crippen molar-refractivity contribution in [3.63, 3.8) is 0 Å². The Hall–Kier alpha value is -2.24. The largest absolute Gasteiger partial charge is 0.493 e. The molecular formula is C20H27ClN2O3. The van der Waals surface area contributed by atoms with E-state index in [1.54, 1.807) is 7.11 Å². The number of hydrogen-bond acceptors (Lipinski definition) is 4. The number of para-hydroxylation sites is 2. The molecule has 0 bridgehead atoms. The first kappa shape index (κ1) is 21.8. The molecule has 0 aliphatic carbocycles. The highest BCUT2D eigenvalue weighted by atomic mass is 35.5. The third kappa shape index (κ3) is 6.94. The van der Waals surface area contributed by atoms with Crippen LogP contribution in [0.5, 0.6) is 11.5 Å². The molecule has 0 fully saturated rings. The fourth-order valence-corrected chi connectivity index (χ4v) is 2.52. The Bertz CT molecular complexity index is 653. The Morgan fingerprint density at radius 1 is 1.04 bits per heavy atom. The maximum absolute atomic E-state index is 12.6. The van der Waals surface area contributed by atoms with Gasteiger partial charge in [-0.3, -0.25) is 4.79 Å². The number of halogens is 1. The summed E-state index contributed by atoms with van der Waals surface area (Å²) < 4.78 is 11.0. The summed E-state index contributed by atoms with van der Waals surface area (Å²) in [7, 11) is 1.60. The zero-order valence-corrected chi connectivity index (χ0v) is 15.9. The fourth-order valence-electron chi connectivity index (χ4n) is 2.52. The van der Waals surface area contributed by atoms with E-state index >= 15 is 0 Å². The van der Waals surface area contributed by atoms with Crippen LogP contribution >= 0.6 is 12.4 Å². The standard InChI is InChI=1S/C20H26N2O3.ClH/c1-24-18-10-5-6-11-19(18)25-15-12-20(23)22(14-7-13-21)16-17-8-3-2-4-9-17;/h2-6,8-11H,7,12-16,21H2,1H3;1H. The molecule has 0 atom stereocenters. The smallest absolute Gasteiger partial charge is 0.226 e.